The number of carbonyl (C=O) groups excluding carboxylic acids is 1. The van der Waals surface area contributed by atoms with Crippen LogP contribution in [0.3, 0.4) is 0 Å². The molecule has 1 heterocycles. The van der Waals surface area contributed by atoms with Gasteiger partial charge in [-0.15, -0.1) is 0 Å². The number of ether oxygens (including phenoxy) is 1. The third-order valence-corrected chi connectivity index (χ3v) is 5.97. The molecule has 0 aromatic heterocycles. The third kappa shape index (κ3) is 9.48. The Morgan fingerprint density at radius 2 is 1.12 bits per heavy atom. The second-order valence-electron chi connectivity index (χ2n) is 4.35. The first kappa shape index (κ1) is 21.1. The first-order valence-electron chi connectivity index (χ1n) is 7.16. The van der Waals surface area contributed by atoms with E-state index < -0.39 is 0 Å². The minimum absolute atomic E-state index is 0.0108. The summed E-state index contributed by atoms with van der Waals surface area (Å²) in [6, 6.07) is 18.6. The Morgan fingerprint density at radius 1 is 0.692 bits per heavy atom. The van der Waals surface area contributed by atoms with Crippen molar-refractivity contribution in [3.05, 3.63) is 71.8 Å². The van der Waals surface area contributed by atoms with Crippen molar-refractivity contribution in [3.63, 3.8) is 0 Å². The van der Waals surface area contributed by atoms with Crippen LogP contribution in [0.5, 0.6) is 0 Å². The monoisotopic (exact) mass is 432 g/mol. The van der Waals surface area contributed by atoms with E-state index in [0.717, 1.165) is 5.56 Å². The van der Waals surface area contributed by atoms with Crippen LogP contribution < -0.4 is 0 Å². The highest BCUT2D eigenvalue weighted by Gasteiger charge is 2.06. The summed E-state index contributed by atoms with van der Waals surface area (Å²) in [6.07, 6.45) is 0. The van der Waals surface area contributed by atoms with Gasteiger partial charge in [-0.1, -0.05) is 48.5 Å². The predicted octanol–water partition coefficient (Wildman–Crippen LogP) is 0.798. The average molecular weight is 433 g/mol. The molecule has 130 valence electrons. The lowest BCUT2D eigenvalue weighted by atomic mass is 10.2. The zero-order chi connectivity index (χ0) is 18.3. The molecule has 0 aliphatic carbocycles. The number of hydrogen-bond acceptors (Lipinski definition) is 7. The molecule has 0 amide bonds. The van der Waals surface area contributed by atoms with E-state index in [-0.39, 0.29) is 56.0 Å². The molecular formula is C14H12O7Si5. The van der Waals surface area contributed by atoms with Gasteiger partial charge in [0.15, 0.2) is 0 Å². The molecule has 2 aromatic rings. The second-order valence-corrected chi connectivity index (χ2v) is 9.27. The number of hydrogen-bond donors (Lipinski definition) is 0. The van der Waals surface area contributed by atoms with Crippen LogP contribution in [0, 0.1) is 0 Å². The van der Waals surface area contributed by atoms with E-state index in [1.807, 2.05) is 48.5 Å². The molecule has 10 radical (unpaired) electrons. The van der Waals surface area contributed by atoms with E-state index in [0.29, 0.717) is 12.2 Å². The fourth-order valence-corrected chi connectivity index (χ4v) is 4.96. The Bertz CT molecular complexity index is 586. The minimum Gasteiger partial charge on any atom is -0.457 e. The molecule has 2 aromatic carbocycles. The Balaban J connectivity index is 0.000000209. The molecule has 12 heteroatoms. The van der Waals surface area contributed by atoms with E-state index in [1.165, 1.54) is 0 Å². The van der Waals surface area contributed by atoms with Gasteiger partial charge in [0.1, 0.15) is 6.61 Å². The van der Waals surface area contributed by atoms with Crippen molar-refractivity contribution in [1.29, 1.82) is 0 Å². The van der Waals surface area contributed by atoms with Gasteiger partial charge in [-0.3, -0.25) is 0 Å². The molecule has 0 unspecified atom stereocenters. The van der Waals surface area contributed by atoms with Crippen LogP contribution in [0.15, 0.2) is 60.7 Å². The molecule has 1 saturated heterocycles. The summed E-state index contributed by atoms with van der Waals surface area (Å²) in [5, 5.41) is 0. The van der Waals surface area contributed by atoms with E-state index in [4.69, 9.17) is 25.3 Å². The molecule has 0 bridgehead atoms. The fourth-order valence-electron chi connectivity index (χ4n) is 1.57. The van der Waals surface area contributed by atoms with Crippen LogP contribution in [-0.4, -0.2) is 56.0 Å². The minimum atomic E-state index is -0.288. The summed E-state index contributed by atoms with van der Waals surface area (Å²) in [6.45, 7) is 0.314. The van der Waals surface area contributed by atoms with Crippen LogP contribution in [0.25, 0.3) is 0 Å². The van der Waals surface area contributed by atoms with Gasteiger partial charge in [0.2, 0.25) is 0 Å². The third-order valence-electron chi connectivity index (χ3n) is 2.64. The molecule has 3 rings (SSSR count). The van der Waals surface area contributed by atoms with E-state index in [1.54, 1.807) is 12.1 Å². The predicted molar refractivity (Wildman–Crippen MR) is 96.2 cm³/mol. The summed E-state index contributed by atoms with van der Waals surface area (Å²) >= 11 is 0. The molecule has 1 aliphatic rings. The summed E-state index contributed by atoms with van der Waals surface area (Å²) in [5.41, 5.74) is 1.57. The molecular weight excluding hydrogens is 421 g/mol. The smallest absolute Gasteiger partial charge is 0.412 e. The molecule has 0 spiro atoms. The standard InChI is InChI=1S/C14H12O2.O5Si5/c15-14(13-9-5-2-6-10-13)16-11-12-7-3-1-4-8-12;1-6-2-8-4-10-5-9-3-7-1/h1-10H,11H2;. The van der Waals surface area contributed by atoms with E-state index in [2.05, 4.69) is 0 Å². The van der Waals surface area contributed by atoms with E-state index >= 15 is 0 Å². The van der Waals surface area contributed by atoms with Gasteiger partial charge in [-0.25, -0.2) is 4.79 Å². The Hall–Kier alpha value is -1.21. The summed E-state index contributed by atoms with van der Waals surface area (Å²) in [7, 11) is 0.0540. The fraction of sp³-hybridized carbons (Fsp3) is 0.0714. The topological polar surface area (TPSA) is 72.5 Å². The van der Waals surface area contributed by atoms with Crippen LogP contribution in [0.4, 0.5) is 0 Å². The van der Waals surface area contributed by atoms with Gasteiger partial charge in [0.05, 0.1) is 5.56 Å². The molecule has 26 heavy (non-hydrogen) atoms. The molecule has 1 fully saturated rings. The van der Waals surface area contributed by atoms with Gasteiger partial charge in [0.25, 0.3) is 0 Å². The highest BCUT2D eigenvalue weighted by molar-refractivity contribution is 6.50. The van der Waals surface area contributed by atoms with Gasteiger partial charge in [-0.2, -0.15) is 0 Å². The zero-order valence-electron chi connectivity index (χ0n) is 13.3. The molecule has 0 saturated carbocycles. The van der Waals surface area contributed by atoms with Crippen LogP contribution in [-0.2, 0) is 31.9 Å². The maximum atomic E-state index is 11.6. The first-order valence-corrected chi connectivity index (χ1v) is 11.2. The largest absolute Gasteiger partial charge is 0.457 e. The Labute approximate surface area is 164 Å². The lowest BCUT2D eigenvalue weighted by Crippen LogP contribution is -2.23. The molecule has 0 N–H and O–H groups in total. The molecule has 1 aliphatic heterocycles. The SMILES string of the molecule is O1[Si]O[Si]O[Si]O[Si]O[Si]1.O=C(OCc1ccccc1)c1ccccc1. The average Bonchev–Trinajstić information content (AvgIpc) is 2.72. The Kier molecular flexibility index (Phi) is 11.3. The number of carbonyl (C=O) groups is 1. The maximum Gasteiger partial charge on any atom is 0.412 e. The van der Waals surface area contributed by atoms with Crippen molar-refractivity contribution < 1.29 is 30.1 Å². The van der Waals surface area contributed by atoms with Crippen LogP contribution in [0.1, 0.15) is 15.9 Å². The van der Waals surface area contributed by atoms with Crippen LogP contribution in [0.2, 0.25) is 0 Å². The lowest BCUT2D eigenvalue weighted by molar-refractivity contribution is 0.0472. The van der Waals surface area contributed by atoms with E-state index in [9.17, 15) is 4.79 Å². The summed E-state index contributed by atoms with van der Waals surface area (Å²) < 4.78 is 29.6. The van der Waals surface area contributed by atoms with Gasteiger partial charge < -0.3 is 25.3 Å². The van der Waals surface area contributed by atoms with Crippen molar-refractivity contribution in [1.82, 2.24) is 0 Å². The lowest BCUT2D eigenvalue weighted by Gasteiger charge is -2.04. The van der Waals surface area contributed by atoms with Crippen molar-refractivity contribution in [2.24, 2.45) is 0 Å². The van der Waals surface area contributed by atoms with Gasteiger partial charge in [-0.05, 0) is 17.7 Å². The molecule has 7 nitrogen and oxygen atoms in total. The van der Waals surface area contributed by atoms with Gasteiger partial charge in [0, 0.05) is 0 Å². The highest BCUT2D eigenvalue weighted by Crippen LogP contribution is 2.05. The van der Waals surface area contributed by atoms with Crippen LogP contribution >= 0.6 is 0 Å². The number of benzene rings is 2. The zero-order valence-corrected chi connectivity index (χ0v) is 18.3. The second kappa shape index (κ2) is 13.9. The highest BCUT2D eigenvalue weighted by atomic mass is 28.4. The molecule has 0 atom stereocenters. The van der Waals surface area contributed by atoms with Crippen molar-refractivity contribution in [2.75, 3.05) is 0 Å². The maximum absolute atomic E-state index is 11.6. The normalized spacial score (nSPS) is 15.2. The van der Waals surface area contributed by atoms with Crippen molar-refractivity contribution in [2.45, 2.75) is 6.61 Å². The first-order chi connectivity index (χ1) is 12.9. The summed E-state index contributed by atoms with van der Waals surface area (Å²) in [5.74, 6) is -0.288. The van der Waals surface area contributed by atoms with Crippen molar-refractivity contribution in [3.8, 4) is 0 Å². The van der Waals surface area contributed by atoms with Gasteiger partial charge >= 0.3 is 56.0 Å². The number of esters is 1. The Morgan fingerprint density at radius 3 is 1.58 bits per heavy atom. The summed E-state index contributed by atoms with van der Waals surface area (Å²) in [4.78, 5) is 11.6. The quantitative estimate of drug-likeness (QED) is 0.525. The van der Waals surface area contributed by atoms with Crippen molar-refractivity contribution >= 4 is 56.0 Å². The number of rotatable bonds is 3.